The van der Waals surface area contributed by atoms with Crippen LogP contribution in [0.3, 0.4) is 0 Å². The standard InChI is InChI=1S/C21H21ClSi/c1-16-14-15-21(18(3)17(16)2)23(22,19-10-6-4-7-11-19)20-12-8-5-9-13-20/h4-15H,1-3H3. The van der Waals surface area contributed by atoms with Crippen LogP contribution < -0.4 is 15.6 Å². The summed E-state index contributed by atoms with van der Waals surface area (Å²) >= 11 is 7.48. The Morgan fingerprint density at radius 2 is 1.09 bits per heavy atom. The van der Waals surface area contributed by atoms with Crippen LogP contribution in [0.4, 0.5) is 0 Å². The quantitative estimate of drug-likeness (QED) is 0.387. The maximum absolute atomic E-state index is 7.48. The molecule has 2 heteroatoms. The summed E-state index contributed by atoms with van der Waals surface area (Å²) in [7, 11) is -2.50. The van der Waals surface area contributed by atoms with Crippen LogP contribution in [0.5, 0.6) is 0 Å². The third kappa shape index (κ3) is 2.75. The van der Waals surface area contributed by atoms with Crippen LogP contribution in [0.15, 0.2) is 72.8 Å². The summed E-state index contributed by atoms with van der Waals surface area (Å²) in [6.45, 7) is 6.55. The van der Waals surface area contributed by atoms with Crippen LogP contribution >= 0.6 is 11.1 Å². The number of aryl methyl sites for hydroxylation is 1. The van der Waals surface area contributed by atoms with Crippen LogP contribution in [0, 0.1) is 20.8 Å². The van der Waals surface area contributed by atoms with E-state index in [2.05, 4.69) is 81.4 Å². The summed E-state index contributed by atoms with van der Waals surface area (Å²) in [5.74, 6) is 0. The van der Waals surface area contributed by atoms with Crippen LogP contribution in [0.25, 0.3) is 0 Å². The molecule has 3 aromatic carbocycles. The smallest absolute Gasteiger partial charge is 0.149 e. The molecule has 0 heterocycles. The molecule has 0 aromatic heterocycles. The largest absolute Gasteiger partial charge is 0.248 e. The van der Waals surface area contributed by atoms with E-state index in [-0.39, 0.29) is 0 Å². The maximum atomic E-state index is 7.48. The normalized spacial score (nSPS) is 11.5. The van der Waals surface area contributed by atoms with Gasteiger partial charge in [-0.15, -0.1) is 11.1 Å². The summed E-state index contributed by atoms with van der Waals surface area (Å²) in [5, 5.41) is 3.76. The highest BCUT2D eigenvalue weighted by atomic mass is 35.6. The first kappa shape index (κ1) is 16.0. The van der Waals surface area contributed by atoms with Crippen LogP contribution in [0.2, 0.25) is 0 Å². The fourth-order valence-corrected chi connectivity index (χ4v) is 7.79. The molecular formula is C21H21ClSi. The highest BCUT2D eigenvalue weighted by Crippen LogP contribution is 2.18. The molecule has 0 saturated heterocycles. The van der Waals surface area contributed by atoms with Gasteiger partial charge in [0.1, 0.15) is 0 Å². The zero-order chi connectivity index (χ0) is 16.4. The molecule has 0 aliphatic carbocycles. The van der Waals surface area contributed by atoms with Crippen molar-refractivity contribution in [2.75, 3.05) is 0 Å². The third-order valence-electron chi connectivity index (χ3n) is 4.77. The summed E-state index contributed by atoms with van der Waals surface area (Å²) in [4.78, 5) is 0. The highest BCUT2D eigenvalue weighted by molar-refractivity contribution is 7.40. The van der Waals surface area contributed by atoms with Crippen LogP contribution in [0.1, 0.15) is 16.7 Å². The molecule has 116 valence electrons. The van der Waals surface area contributed by atoms with Gasteiger partial charge in [-0.2, -0.15) is 0 Å². The Bertz CT molecular complexity index is 771. The van der Waals surface area contributed by atoms with Gasteiger partial charge in [-0.3, -0.25) is 0 Å². The number of benzene rings is 3. The molecule has 0 aliphatic rings. The zero-order valence-electron chi connectivity index (χ0n) is 13.8. The Hall–Kier alpha value is -1.83. The van der Waals surface area contributed by atoms with E-state index in [1.54, 1.807) is 0 Å². The molecule has 3 rings (SSSR count). The Kier molecular flexibility index (Phi) is 4.43. The second kappa shape index (κ2) is 6.35. The van der Waals surface area contributed by atoms with Crippen molar-refractivity contribution in [3.63, 3.8) is 0 Å². The lowest BCUT2D eigenvalue weighted by Gasteiger charge is -2.29. The first-order valence-corrected chi connectivity index (χ1v) is 10.9. The molecule has 0 nitrogen and oxygen atoms in total. The van der Waals surface area contributed by atoms with E-state index in [1.165, 1.54) is 32.3 Å². The Labute approximate surface area is 144 Å². The lowest BCUT2D eigenvalue weighted by molar-refractivity contribution is 1.28. The summed E-state index contributed by atoms with van der Waals surface area (Å²) < 4.78 is 0. The van der Waals surface area contributed by atoms with Gasteiger partial charge in [0.15, 0.2) is 0 Å². The molecule has 0 bridgehead atoms. The lowest BCUT2D eigenvalue weighted by Crippen LogP contribution is -2.63. The average Bonchev–Trinajstić information content (AvgIpc) is 2.61. The van der Waals surface area contributed by atoms with Crippen molar-refractivity contribution in [1.82, 2.24) is 0 Å². The van der Waals surface area contributed by atoms with Gasteiger partial charge in [-0.1, -0.05) is 72.8 Å². The summed E-state index contributed by atoms with van der Waals surface area (Å²) in [5.41, 5.74) is 3.98. The van der Waals surface area contributed by atoms with Crippen molar-refractivity contribution in [2.24, 2.45) is 0 Å². The summed E-state index contributed by atoms with van der Waals surface area (Å²) in [6.07, 6.45) is 0. The van der Waals surface area contributed by atoms with Crippen molar-refractivity contribution in [3.8, 4) is 0 Å². The van der Waals surface area contributed by atoms with E-state index in [0.29, 0.717) is 0 Å². The van der Waals surface area contributed by atoms with Gasteiger partial charge in [0.2, 0.25) is 7.38 Å². The molecule has 0 atom stereocenters. The first-order chi connectivity index (χ1) is 11.0. The van der Waals surface area contributed by atoms with Gasteiger partial charge in [0.05, 0.1) is 0 Å². The molecular weight excluding hydrogens is 316 g/mol. The molecule has 23 heavy (non-hydrogen) atoms. The SMILES string of the molecule is Cc1ccc([Si](Cl)(c2ccccc2)c2ccccc2)c(C)c1C. The fourth-order valence-electron chi connectivity index (χ4n) is 3.14. The Morgan fingerprint density at radius 1 is 0.609 bits per heavy atom. The number of hydrogen-bond acceptors (Lipinski definition) is 0. The number of halogens is 1. The minimum Gasteiger partial charge on any atom is -0.149 e. The molecule has 0 fully saturated rings. The summed E-state index contributed by atoms with van der Waals surface area (Å²) in [6, 6.07) is 25.5. The van der Waals surface area contributed by atoms with E-state index >= 15 is 0 Å². The van der Waals surface area contributed by atoms with E-state index in [0.717, 1.165) is 0 Å². The fraction of sp³-hybridized carbons (Fsp3) is 0.143. The molecule has 0 amide bonds. The minimum absolute atomic E-state index is 1.24. The van der Waals surface area contributed by atoms with Gasteiger partial charge >= 0.3 is 0 Å². The number of hydrogen-bond donors (Lipinski definition) is 0. The topological polar surface area (TPSA) is 0 Å². The molecule has 0 N–H and O–H groups in total. The van der Waals surface area contributed by atoms with Gasteiger partial charge in [0.25, 0.3) is 0 Å². The van der Waals surface area contributed by atoms with Crippen molar-refractivity contribution >= 4 is 34.0 Å². The second-order valence-corrected chi connectivity index (χ2v) is 10.8. The second-order valence-electron chi connectivity index (χ2n) is 6.07. The van der Waals surface area contributed by atoms with Gasteiger partial charge in [-0.25, -0.2) is 0 Å². The van der Waals surface area contributed by atoms with E-state index < -0.39 is 7.38 Å². The van der Waals surface area contributed by atoms with Crippen molar-refractivity contribution in [2.45, 2.75) is 20.8 Å². The van der Waals surface area contributed by atoms with E-state index in [4.69, 9.17) is 11.1 Å². The predicted octanol–water partition coefficient (Wildman–Crippen LogP) is 3.82. The van der Waals surface area contributed by atoms with E-state index in [1.807, 2.05) is 12.1 Å². The van der Waals surface area contributed by atoms with Crippen LogP contribution in [-0.2, 0) is 0 Å². The molecule has 3 aromatic rings. The zero-order valence-corrected chi connectivity index (χ0v) is 15.6. The first-order valence-electron chi connectivity index (χ1n) is 7.92. The molecule has 0 radical (unpaired) electrons. The van der Waals surface area contributed by atoms with Crippen molar-refractivity contribution < 1.29 is 0 Å². The Balaban J connectivity index is 2.32. The maximum Gasteiger partial charge on any atom is 0.248 e. The molecule has 0 aliphatic heterocycles. The van der Waals surface area contributed by atoms with Gasteiger partial charge in [-0.05, 0) is 53.0 Å². The molecule has 0 saturated carbocycles. The molecule has 0 unspecified atom stereocenters. The van der Waals surface area contributed by atoms with E-state index in [9.17, 15) is 0 Å². The third-order valence-corrected chi connectivity index (χ3v) is 10.2. The van der Waals surface area contributed by atoms with Crippen molar-refractivity contribution in [1.29, 1.82) is 0 Å². The van der Waals surface area contributed by atoms with Crippen LogP contribution in [-0.4, -0.2) is 7.38 Å². The van der Waals surface area contributed by atoms with Crippen molar-refractivity contribution in [3.05, 3.63) is 89.5 Å². The lowest BCUT2D eigenvalue weighted by atomic mass is 10.1. The monoisotopic (exact) mass is 336 g/mol. The van der Waals surface area contributed by atoms with Gasteiger partial charge < -0.3 is 0 Å². The average molecular weight is 337 g/mol. The number of rotatable bonds is 3. The predicted molar refractivity (Wildman–Crippen MR) is 104 cm³/mol. The molecule has 0 spiro atoms. The minimum atomic E-state index is -2.50. The van der Waals surface area contributed by atoms with Gasteiger partial charge in [0, 0.05) is 0 Å². The Morgan fingerprint density at radius 3 is 1.57 bits per heavy atom. The highest BCUT2D eigenvalue weighted by Gasteiger charge is 2.39.